The lowest BCUT2D eigenvalue weighted by atomic mass is 9.89. The van der Waals surface area contributed by atoms with Crippen LogP contribution in [0.2, 0.25) is 0 Å². The summed E-state index contributed by atoms with van der Waals surface area (Å²) >= 11 is 0. The van der Waals surface area contributed by atoms with Crippen molar-refractivity contribution in [2.75, 3.05) is 6.54 Å². The van der Waals surface area contributed by atoms with E-state index in [2.05, 4.69) is 29.6 Å². The Morgan fingerprint density at radius 1 is 1.59 bits per heavy atom. The molecular weight excluding hydrogens is 216 g/mol. The summed E-state index contributed by atoms with van der Waals surface area (Å²) in [6.07, 6.45) is 4.59. The van der Waals surface area contributed by atoms with E-state index in [9.17, 15) is 4.79 Å². The molecule has 1 amide bonds. The lowest BCUT2D eigenvalue weighted by Gasteiger charge is -2.35. The van der Waals surface area contributed by atoms with Crippen LogP contribution in [-0.2, 0) is 11.3 Å². The summed E-state index contributed by atoms with van der Waals surface area (Å²) in [6, 6.07) is 2.37. The molecule has 17 heavy (non-hydrogen) atoms. The molecule has 2 N–H and O–H groups in total. The quantitative estimate of drug-likeness (QED) is 0.798. The van der Waals surface area contributed by atoms with Crippen LogP contribution in [0.5, 0.6) is 0 Å². The van der Waals surface area contributed by atoms with E-state index in [-0.39, 0.29) is 11.9 Å². The van der Waals surface area contributed by atoms with Crippen molar-refractivity contribution in [1.82, 2.24) is 20.4 Å². The molecule has 1 fully saturated rings. The summed E-state index contributed by atoms with van der Waals surface area (Å²) in [7, 11) is 0. The summed E-state index contributed by atoms with van der Waals surface area (Å²) in [5.41, 5.74) is 0. The number of amides is 1. The molecule has 0 aromatic carbocycles. The number of carbonyl (C=O) groups is 1. The topological polar surface area (TPSA) is 58.9 Å². The molecule has 0 aliphatic carbocycles. The number of hydrogen-bond donors (Lipinski definition) is 2. The molecule has 1 aliphatic heterocycles. The molecule has 3 unspecified atom stereocenters. The van der Waals surface area contributed by atoms with Crippen LogP contribution in [0.15, 0.2) is 18.5 Å². The maximum absolute atomic E-state index is 11.9. The molecule has 1 saturated heterocycles. The van der Waals surface area contributed by atoms with Crippen LogP contribution in [0, 0.1) is 5.92 Å². The Morgan fingerprint density at radius 3 is 3.06 bits per heavy atom. The average Bonchev–Trinajstić information content (AvgIpc) is 2.76. The number of nitrogens with zero attached hydrogens (tertiary/aromatic N) is 2. The Balaban J connectivity index is 1.88. The number of hydrogen-bond acceptors (Lipinski definition) is 3. The van der Waals surface area contributed by atoms with Crippen LogP contribution in [0.4, 0.5) is 0 Å². The molecule has 0 saturated carbocycles. The molecule has 5 heteroatoms. The molecule has 1 aromatic heterocycles. The molecule has 2 heterocycles. The summed E-state index contributed by atoms with van der Waals surface area (Å²) in [5.74, 6) is 0.550. The monoisotopic (exact) mass is 236 g/mol. The fourth-order valence-corrected chi connectivity index (χ4v) is 2.38. The van der Waals surface area contributed by atoms with E-state index < -0.39 is 0 Å². The van der Waals surface area contributed by atoms with Crippen LogP contribution >= 0.6 is 0 Å². The smallest absolute Gasteiger partial charge is 0.242 e. The van der Waals surface area contributed by atoms with Gasteiger partial charge in [0.05, 0.1) is 0 Å². The minimum Gasteiger partial charge on any atom is -0.350 e. The Morgan fingerprint density at radius 2 is 2.41 bits per heavy atom. The highest BCUT2D eigenvalue weighted by Crippen LogP contribution is 2.15. The van der Waals surface area contributed by atoms with E-state index in [0.29, 0.717) is 18.5 Å². The predicted molar refractivity (Wildman–Crippen MR) is 65.4 cm³/mol. The Kier molecular flexibility index (Phi) is 3.78. The van der Waals surface area contributed by atoms with Gasteiger partial charge in [0.15, 0.2) is 0 Å². The van der Waals surface area contributed by atoms with Gasteiger partial charge in [-0.3, -0.25) is 9.48 Å². The third-order valence-electron chi connectivity index (χ3n) is 3.41. The maximum Gasteiger partial charge on any atom is 0.242 e. The first-order chi connectivity index (χ1) is 8.16. The lowest BCUT2D eigenvalue weighted by Crippen LogP contribution is -2.56. The standard InChI is InChI=1S/C12H20N4O/c1-9-4-6-13-10(2)12(9)15-11(17)8-16-7-3-5-14-16/h3,5,7,9-10,12-13H,4,6,8H2,1-2H3,(H,15,17). The Hall–Kier alpha value is -1.36. The minimum absolute atomic E-state index is 0.0288. The normalized spacial score (nSPS) is 28.9. The molecule has 2 rings (SSSR count). The second-order valence-electron chi connectivity index (χ2n) is 4.81. The molecule has 0 radical (unpaired) electrons. The van der Waals surface area contributed by atoms with Gasteiger partial charge in [0.25, 0.3) is 0 Å². The van der Waals surface area contributed by atoms with Crippen LogP contribution in [0.3, 0.4) is 0 Å². The first-order valence-corrected chi connectivity index (χ1v) is 6.17. The lowest BCUT2D eigenvalue weighted by molar-refractivity contribution is -0.123. The molecule has 0 spiro atoms. The van der Waals surface area contributed by atoms with E-state index in [4.69, 9.17) is 0 Å². The molecule has 5 nitrogen and oxygen atoms in total. The van der Waals surface area contributed by atoms with Crippen LogP contribution in [0.1, 0.15) is 20.3 Å². The minimum atomic E-state index is 0.0288. The third-order valence-corrected chi connectivity index (χ3v) is 3.41. The van der Waals surface area contributed by atoms with Crippen molar-refractivity contribution in [1.29, 1.82) is 0 Å². The summed E-state index contributed by atoms with van der Waals surface area (Å²) in [5, 5.41) is 10.5. The van der Waals surface area contributed by atoms with Gasteiger partial charge in [-0.15, -0.1) is 0 Å². The van der Waals surface area contributed by atoms with Crippen molar-refractivity contribution in [3.05, 3.63) is 18.5 Å². The van der Waals surface area contributed by atoms with E-state index in [0.717, 1.165) is 13.0 Å². The number of carbonyl (C=O) groups excluding carboxylic acids is 1. The van der Waals surface area contributed by atoms with Gasteiger partial charge in [-0.05, 0) is 31.9 Å². The summed E-state index contributed by atoms with van der Waals surface area (Å²) < 4.78 is 1.64. The van der Waals surface area contributed by atoms with Crippen molar-refractivity contribution >= 4 is 5.91 Å². The number of rotatable bonds is 3. The van der Waals surface area contributed by atoms with Crippen molar-refractivity contribution in [3.8, 4) is 0 Å². The van der Waals surface area contributed by atoms with Crippen molar-refractivity contribution in [2.24, 2.45) is 5.92 Å². The second kappa shape index (κ2) is 5.31. The highest BCUT2D eigenvalue weighted by molar-refractivity contribution is 5.76. The van der Waals surface area contributed by atoms with Crippen LogP contribution < -0.4 is 10.6 Å². The third kappa shape index (κ3) is 3.06. The number of nitrogens with one attached hydrogen (secondary N) is 2. The fraction of sp³-hybridized carbons (Fsp3) is 0.667. The maximum atomic E-state index is 11.9. The largest absolute Gasteiger partial charge is 0.350 e. The van der Waals surface area contributed by atoms with Gasteiger partial charge in [0.1, 0.15) is 6.54 Å². The fourth-order valence-electron chi connectivity index (χ4n) is 2.38. The van der Waals surface area contributed by atoms with E-state index in [1.165, 1.54) is 0 Å². The zero-order valence-corrected chi connectivity index (χ0v) is 10.4. The Labute approximate surface area is 102 Å². The zero-order chi connectivity index (χ0) is 12.3. The van der Waals surface area contributed by atoms with Crippen molar-refractivity contribution in [2.45, 2.75) is 38.9 Å². The number of piperidine rings is 1. The highest BCUT2D eigenvalue weighted by Gasteiger charge is 2.28. The summed E-state index contributed by atoms with van der Waals surface area (Å²) in [4.78, 5) is 11.9. The van der Waals surface area contributed by atoms with Crippen molar-refractivity contribution < 1.29 is 4.79 Å². The average molecular weight is 236 g/mol. The molecule has 1 aromatic rings. The first kappa shape index (κ1) is 12.1. The molecule has 3 atom stereocenters. The van der Waals surface area contributed by atoms with Gasteiger partial charge < -0.3 is 10.6 Å². The van der Waals surface area contributed by atoms with Crippen molar-refractivity contribution in [3.63, 3.8) is 0 Å². The van der Waals surface area contributed by atoms with E-state index >= 15 is 0 Å². The molecule has 0 bridgehead atoms. The SMILES string of the molecule is CC1CCNC(C)C1NC(=O)Cn1cccn1. The van der Waals surface area contributed by atoms with Gasteiger partial charge in [-0.1, -0.05) is 6.92 Å². The van der Waals surface area contributed by atoms with Gasteiger partial charge in [-0.25, -0.2) is 0 Å². The number of aromatic nitrogens is 2. The van der Waals surface area contributed by atoms with Crippen LogP contribution in [0.25, 0.3) is 0 Å². The van der Waals surface area contributed by atoms with Gasteiger partial charge >= 0.3 is 0 Å². The zero-order valence-electron chi connectivity index (χ0n) is 10.4. The molecular formula is C12H20N4O. The molecule has 94 valence electrons. The second-order valence-corrected chi connectivity index (χ2v) is 4.81. The Bertz CT molecular complexity index is 353. The first-order valence-electron chi connectivity index (χ1n) is 6.17. The van der Waals surface area contributed by atoms with Gasteiger partial charge in [0.2, 0.25) is 5.91 Å². The van der Waals surface area contributed by atoms with E-state index in [1.54, 1.807) is 17.1 Å². The van der Waals surface area contributed by atoms with Crippen LogP contribution in [-0.4, -0.2) is 34.3 Å². The van der Waals surface area contributed by atoms with Gasteiger partial charge in [-0.2, -0.15) is 5.10 Å². The van der Waals surface area contributed by atoms with Gasteiger partial charge in [0, 0.05) is 24.5 Å². The highest BCUT2D eigenvalue weighted by atomic mass is 16.2. The van der Waals surface area contributed by atoms with E-state index in [1.807, 2.05) is 6.07 Å². The summed E-state index contributed by atoms with van der Waals surface area (Å²) in [6.45, 7) is 5.64. The molecule has 1 aliphatic rings. The predicted octanol–water partition coefficient (Wildman–Crippen LogP) is 0.386.